The smallest absolute Gasteiger partial charge is 0.306 e. The quantitative estimate of drug-likeness (QED) is 0.484. The normalized spacial score (nSPS) is 42.5. The van der Waals surface area contributed by atoms with E-state index in [1.807, 2.05) is 34.6 Å². The van der Waals surface area contributed by atoms with Crippen LogP contribution in [0.1, 0.15) is 93.4 Å². The SMILES string of the molecule is C[C@H](CC(=O)C[C@@H](C)[C@H]1C[C@H](O)[C@@]2(C)C3=C(C(=O)C[C@]12C)[C@@]1(C)CCC(=O)C(C)(C)[C@@H]1C[C@@H]3O)C(=O)O. The number of ketones is 3. The van der Waals surface area contributed by atoms with E-state index in [4.69, 9.17) is 0 Å². The highest BCUT2D eigenvalue weighted by molar-refractivity contribution is 6.01. The van der Waals surface area contributed by atoms with Crippen molar-refractivity contribution in [3.8, 4) is 0 Å². The molecule has 0 aromatic rings. The number of aliphatic carboxylic acids is 1. The van der Waals surface area contributed by atoms with E-state index in [0.29, 0.717) is 36.8 Å². The number of hydrogen-bond donors (Lipinski definition) is 3. The van der Waals surface area contributed by atoms with E-state index in [1.165, 1.54) is 6.92 Å². The summed E-state index contributed by atoms with van der Waals surface area (Å²) in [6.07, 6.45) is 0.421. The van der Waals surface area contributed by atoms with E-state index in [2.05, 4.69) is 6.92 Å². The second-order valence-electron chi connectivity index (χ2n) is 13.9. The summed E-state index contributed by atoms with van der Waals surface area (Å²) in [5.41, 5.74) is -1.40. The van der Waals surface area contributed by atoms with Crippen molar-refractivity contribution in [2.45, 2.75) is 106 Å². The van der Waals surface area contributed by atoms with Crippen LogP contribution in [0.3, 0.4) is 0 Å². The largest absolute Gasteiger partial charge is 0.481 e. The number of aliphatic hydroxyl groups is 2. The molecule has 7 nitrogen and oxygen atoms in total. The molecule has 0 heterocycles. The number of Topliss-reactive ketones (excluding diaryl/α,β-unsaturated/α-hetero) is 3. The molecule has 206 valence electrons. The first-order valence-corrected chi connectivity index (χ1v) is 13.8. The Kier molecular flexibility index (Phi) is 6.72. The van der Waals surface area contributed by atoms with Crippen LogP contribution in [0, 0.1) is 45.3 Å². The van der Waals surface area contributed by atoms with E-state index in [0.717, 1.165) is 0 Å². The Morgan fingerprint density at radius 3 is 2.22 bits per heavy atom. The lowest BCUT2D eigenvalue weighted by Crippen LogP contribution is -2.60. The Morgan fingerprint density at radius 2 is 1.62 bits per heavy atom. The maximum Gasteiger partial charge on any atom is 0.306 e. The van der Waals surface area contributed by atoms with Crippen LogP contribution >= 0.6 is 0 Å². The summed E-state index contributed by atoms with van der Waals surface area (Å²) in [6.45, 7) is 13.4. The van der Waals surface area contributed by atoms with Crippen LogP contribution in [-0.2, 0) is 19.2 Å². The Bertz CT molecular complexity index is 1070. The Labute approximate surface area is 220 Å². The number of carboxylic acid groups (broad SMARTS) is 1. The number of carboxylic acids is 1. The molecule has 0 aliphatic heterocycles. The summed E-state index contributed by atoms with van der Waals surface area (Å²) >= 11 is 0. The molecule has 0 bridgehead atoms. The molecule has 0 aromatic heterocycles. The summed E-state index contributed by atoms with van der Waals surface area (Å²) in [4.78, 5) is 50.8. The van der Waals surface area contributed by atoms with E-state index >= 15 is 0 Å². The van der Waals surface area contributed by atoms with Crippen molar-refractivity contribution < 1.29 is 34.5 Å². The van der Waals surface area contributed by atoms with Crippen molar-refractivity contribution in [3.05, 3.63) is 11.1 Å². The van der Waals surface area contributed by atoms with Crippen LogP contribution in [0.5, 0.6) is 0 Å². The van der Waals surface area contributed by atoms with Crippen LogP contribution in [0.15, 0.2) is 11.1 Å². The van der Waals surface area contributed by atoms with Crippen LogP contribution in [-0.4, -0.2) is 50.8 Å². The summed E-state index contributed by atoms with van der Waals surface area (Å²) in [5.74, 6) is -2.17. The lowest BCUT2D eigenvalue weighted by Gasteiger charge is -2.61. The van der Waals surface area contributed by atoms with Crippen LogP contribution in [0.2, 0.25) is 0 Å². The molecule has 4 rings (SSSR count). The maximum atomic E-state index is 14.1. The number of rotatable bonds is 6. The molecule has 3 N–H and O–H groups in total. The Morgan fingerprint density at radius 1 is 1.00 bits per heavy atom. The highest BCUT2D eigenvalue weighted by Crippen LogP contribution is 2.71. The lowest BCUT2D eigenvalue weighted by atomic mass is 9.42. The number of aliphatic hydroxyl groups excluding tert-OH is 2. The second kappa shape index (κ2) is 8.84. The average molecular weight is 517 g/mol. The molecule has 0 saturated heterocycles. The molecular formula is C30H44O7. The van der Waals surface area contributed by atoms with Gasteiger partial charge in [0.25, 0.3) is 0 Å². The van der Waals surface area contributed by atoms with E-state index in [1.54, 1.807) is 0 Å². The fourth-order valence-corrected chi connectivity index (χ4v) is 9.20. The Balaban J connectivity index is 1.74. The van der Waals surface area contributed by atoms with Gasteiger partial charge in [-0.1, -0.05) is 48.5 Å². The third-order valence-electron chi connectivity index (χ3n) is 11.6. The van der Waals surface area contributed by atoms with Gasteiger partial charge in [-0.05, 0) is 48.0 Å². The maximum absolute atomic E-state index is 14.1. The monoisotopic (exact) mass is 516 g/mol. The molecular weight excluding hydrogens is 472 g/mol. The summed E-state index contributed by atoms with van der Waals surface area (Å²) < 4.78 is 0. The van der Waals surface area contributed by atoms with Crippen LogP contribution in [0.4, 0.5) is 0 Å². The number of carbonyl (C=O) groups is 4. The minimum absolute atomic E-state index is 0.0106. The van der Waals surface area contributed by atoms with Gasteiger partial charge in [-0.2, -0.15) is 0 Å². The van der Waals surface area contributed by atoms with E-state index in [-0.39, 0.29) is 54.4 Å². The van der Waals surface area contributed by atoms with E-state index in [9.17, 15) is 34.5 Å². The van der Waals surface area contributed by atoms with Crippen molar-refractivity contribution in [1.82, 2.24) is 0 Å². The van der Waals surface area contributed by atoms with Gasteiger partial charge in [0.2, 0.25) is 0 Å². The molecule has 0 aromatic carbocycles. The molecule has 0 radical (unpaired) electrons. The third-order valence-corrected chi connectivity index (χ3v) is 11.6. The summed E-state index contributed by atoms with van der Waals surface area (Å²) in [6, 6.07) is 0. The topological polar surface area (TPSA) is 129 Å². The zero-order valence-electron chi connectivity index (χ0n) is 23.4. The van der Waals surface area contributed by atoms with Gasteiger partial charge in [0, 0.05) is 47.5 Å². The minimum Gasteiger partial charge on any atom is -0.481 e. The van der Waals surface area contributed by atoms with Crippen molar-refractivity contribution in [2.24, 2.45) is 45.3 Å². The standard InChI is InChI=1S/C30H44O7/c1-15(10-17(31)11-16(2)26(36)37)18-12-23(35)30(7)25-19(32)13-21-27(3,4)22(34)8-9-28(21,5)24(25)20(33)14-29(18,30)6/h15-16,18-19,21,23,32,35H,8-14H2,1-7H3,(H,36,37)/t15-,16-,18-,19+,21+,23+,28+,29-,30+/m1/s1. The Hall–Kier alpha value is -1.86. The number of allylic oxidation sites excluding steroid dienone is 1. The molecule has 0 amide bonds. The zero-order chi connectivity index (χ0) is 27.9. The third kappa shape index (κ3) is 3.82. The fourth-order valence-electron chi connectivity index (χ4n) is 9.20. The molecule has 37 heavy (non-hydrogen) atoms. The van der Waals surface area contributed by atoms with Gasteiger partial charge < -0.3 is 15.3 Å². The van der Waals surface area contributed by atoms with Crippen LogP contribution in [0.25, 0.3) is 0 Å². The molecule has 7 heteroatoms. The summed E-state index contributed by atoms with van der Waals surface area (Å²) in [7, 11) is 0. The zero-order valence-corrected chi connectivity index (χ0v) is 23.4. The summed E-state index contributed by atoms with van der Waals surface area (Å²) in [5, 5.41) is 32.4. The predicted molar refractivity (Wildman–Crippen MR) is 137 cm³/mol. The number of fused-ring (bicyclic) bond motifs is 4. The van der Waals surface area contributed by atoms with E-state index < -0.39 is 45.8 Å². The molecule has 2 saturated carbocycles. The van der Waals surface area contributed by atoms with Crippen molar-refractivity contribution in [3.63, 3.8) is 0 Å². The molecule has 0 unspecified atom stereocenters. The number of hydrogen-bond acceptors (Lipinski definition) is 6. The van der Waals surface area contributed by atoms with Gasteiger partial charge in [0.15, 0.2) is 5.78 Å². The predicted octanol–water partition coefficient (Wildman–Crippen LogP) is 4.13. The van der Waals surface area contributed by atoms with Gasteiger partial charge in [0.05, 0.1) is 18.1 Å². The van der Waals surface area contributed by atoms with Gasteiger partial charge in [-0.25, -0.2) is 0 Å². The first kappa shape index (κ1) is 28.2. The molecule has 2 fully saturated rings. The molecule has 9 atom stereocenters. The van der Waals surface area contributed by atoms with Crippen LogP contribution < -0.4 is 0 Å². The fraction of sp³-hybridized carbons (Fsp3) is 0.800. The highest BCUT2D eigenvalue weighted by Gasteiger charge is 2.70. The van der Waals surface area contributed by atoms with Crippen molar-refractivity contribution in [2.75, 3.05) is 0 Å². The van der Waals surface area contributed by atoms with Gasteiger partial charge in [0.1, 0.15) is 11.6 Å². The first-order chi connectivity index (χ1) is 16.9. The minimum atomic E-state index is -1.00. The molecule has 4 aliphatic carbocycles. The van der Waals surface area contributed by atoms with Gasteiger partial charge in [-0.3, -0.25) is 19.2 Å². The highest BCUT2D eigenvalue weighted by atomic mass is 16.4. The molecule has 4 aliphatic rings. The number of carbonyl (C=O) groups excluding carboxylic acids is 3. The van der Waals surface area contributed by atoms with Crippen molar-refractivity contribution in [1.29, 1.82) is 0 Å². The van der Waals surface area contributed by atoms with Crippen molar-refractivity contribution >= 4 is 23.3 Å². The van der Waals surface area contributed by atoms with Gasteiger partial charge >= 0.3 is 5.97 Å². The molecule has 0 spiro atoms. The first-order valence-electron chi connectivity index (χ1n) is 13.8. The average Bonchev–Trinajstić information content (AvgIpc) is 2.99. The lowest BCUT2D eigenvalue weighted by molar-refractivity contribution is -0.146. The van der Waals surface area contributed by atoms with Gasteiger partial charge in [-0.15, -0.1) is 0 Å². The second-order valence-corrected chi connectivity index (χ2v) is 13.9.